The molecule has 0 bridgehead atoms. The van der Waals surface area contributed by atoms with Gasteiger partial charge in [0.25, 0.3) is 11.8 Å². The number of furan rings is 1. The maximum absolute atomic E-state index is 13.1. The van der Waals surface area contributed by atoms with Crippen LogP contribution in [-0.2, 0) is 0 Å². The highest BCUT2D eigenvalue weighted by atomic mass is 16.3. The summed E-state index contributed by atoms with van der Waals surface area (Å²) in [6, 6.07) is 17.9. The van der Waals surface area contributed by atoms with Gasteiger partial charge >= 0.3 is 0 Å². The Labute approximate surface area is 200 Å². The van der Waals surface area contributed by atoms with Gasteiger partial charge in [0.05, 0.1) is 34.8 Å². The number of hydrogen-bond donors (Lipinski definition) is 2. The van der Waals surface area contributed by atoms with Gasteiger partial charge < -0.3 is 4.42 Å². The predicted molar refractivity (Wildman–Crippen MR) is 130 cm³/mol. The van der Waals surface area contributed by atoms with Gasteiger partial charge in [-0.1, -0.05) is 38.1 Å². The molecule has 2 N–H and O–H groups in total. The molecule has 0 aliphatic heterocycles. The zero-order valence-corrected chi connectivity index (χ0v) is 19.1. The molecule has 4 aromatic heterocycles. The number of pyridine rings is 2. The molecule has 5 aromatic rings. The molecule has 4 heterocycles. The maximum Gasteiger partial charge on any atom is 0.273 e. The number of benzene rings is 1. The number of rotatable bonds is 5. The molecule has 5 rings (SSSR count). The van der Waals surface area contributed by atoms with Crippen LogP contribution in [0, 0.1) is 0 Å². The zero-order valence-electron chi connectivity index (χ0n) is 19.1. The first-order valence-electron chi connectivity index (χ1n) is 11.1. The number of amides is 2. The van der Waals surface area contributed by atoms with Gasteiger partial charge in [0, 0.05) is 11.6 Å². The second-order valence-corrected chi connectivity index (χ2v) is 8.16. The largest absolute Gasteiger partial charge is 0.463 e. The van der Waals surface area contributed by atoms with Crippen molar-refractivity contribution in [3.05, 3.63) is 96.1 Å². The van der Waals surface area contributed by atoms with Gasteiger partial charge in [-0.25, -0.2) is 14.6 Å². The van der Waals surface area contributed by atoms with Gasteiger partial charge in [-0.05, 0) is 42.3 Å². The van der Waals surface area contributed by atoms with E-state index in [0.29, 0.717) is 45.0 Å². The first-order valence-corrected chi connectivity index (χ1v) is 11.1. The fourth-order valence-corrected chi connectivity index (χ4v) is 3.91. The third-order valence-electron chi connectivity index (χ3n) is 5.49. The van der Waals surface area contributed by atoms with Crippen LogP contribution in [0.15, 0.2) is 83.7 Å². The highest BCUT2D eigenvalue weighted by Crippen LogP contribution is 2.25. The summed E-state index contributed by atoms with van der Waals surface area (Å²) in [6.07, 6.45) is 4.68. The normalized spacial score (nSPS) is 11.1. The van der Waals surface area contributed by atoms with Crippen molar-refractivity contribution >= 4 is 22.7 Å². The summed E-state index contributed by atoms with van der Waals surface area (Å²) >= 11 is 0. The van der Waals surface area contributed by atoms with Crippen molar-refractivity contribution in [1.82, 2.24) is 30.6 Å². The Hall–Kier alpha value is -4.79. The maximum atomic E-state index is 13.1. The highest BCUT2D eigenvalue weighted by molar-refractivity contribution is 6.08. The van der Waals surface area contributed by atoms with Crippen molar-refractivity contribution in [3.8, 4) is 17.3 Å². The summed E-state index contributed by atoms with van der Waals surface area (Å²) in [4.78, 5) is 35.1. The minimum absolute atomic E-state index is 0.0176. The van der Waals surface area contributed by atoms with Gasteiger partial charge in [-0.3, -0.25) is 20.4 Å². The minimum atomic E-state index is -0.479. The number of hydrogen-bond acceptors (Lipinski definition) is 6. The summed E-state index contributed by atoms with van der Waals surface area (Å²) in [5, 5.41) is 5.01. The molecule has 0 unspecified atom stereocenters. The Kier molecular flexibility index (Phi) is 5.80. The molecular formula is C26H22N6O3. The van der Waals surface area contributed by atoms with E-state index in [0.717, 1.165) is 0 Å². The van der Waals surface area contributed by atoms with Gasteiger partial charge in [0.15, 0.2) is 11.6 Å². The van der Waals surface area contributed by atoms with Crippen LogP contribution in [-0.4, -0.2) is 31.6 Å². The molecule has 0 saturated carbocycles. The zero-order chi connectivity index (χ0) is 24.4. The van der Waals surface area contributed by atoms with Gasteiger partial charge in [0.2, 0.25) is 0 Å². The van der Waals surface area contributed by atoms with E-state index in [1.807, 2.05) is 50.2 Å². The number of nitrogens with one attached hydrogen (secondary N) is 2. The third kappa shape index (κ3) is 4.26. The average Bonchev–Trinajstić information content (AvgIpc) is 3.58. The highest BCUT2D eigenvalue weighted by Gasteiger charge is 2.22. The van der Waals surface area contributed by atoms with Crippen LogP contribution in [0.25, 0.3) is 28.2 Å². The topological polar surface area (TPSA) is 115 Å². The Bertz CT molecular complexity index is 1510. The quantitative estimate of drug-likeness (QED) is 0.374. The SMILES string of the molecule is CC(C)c1c(C(=O)NNC(=O)c2cc(-c3ccco3)nc3ccccc23)cnn1-c1ccccn1. The molecular weight excluding hydrogens is 444 g/mol. The van der Waals surface area contributed by atoms with Crippen molar-refractivity contribution in [1.29, 1.82) is 0 Å². The van der Waals surface area contributed by atoms with E-state index in [2.05, 4.69) is 25.9 Å². The lowest BCUT2D eigenvalue weighted by molar-refractivity contribution is 0.0847. The summed E-state index contributed by atoms with van der Waals surface area (Å²) in [6.45, 7) is 3.93. The molecule has 1 aromatic carbocycles. The lowest BCUT2D eigenvalue weighted by Gasteiger charge is -2.13. The number of nitrogens with zero attached hydrogens (tertiary/aromatic N) is 4. The van der Waals surface area contributed by atoms with Crippen molar-refractivity contribution in [2.24, 2.45) is 0 Å². The van der Waals surface area contributed by atoms with E-state index in [-0.39, 0.29) is 5.92 Å². The second-order valence-electron chi connectivity index (χ2n) is 8.16. The third-order valence-corrected chi connectivity index (χ3v) is 5.49. The summed E-state index contributed by atoms with van der Waals surface area (Å²) in [5.74, 6) is 0.170. The molecule has 35 heavy (non-hydrogen) atoms. The van der Waals surface area contributed by atoms with E-state index >= 15 is 0 Å². The first-order chi connectivity index (χ1) is 17.0. The van der Waals surface area contributed by atoms with E-state index in [9.17, 15) is 9.59 Å². The molecule has 0 aliphatic rings. The number of carbonyl (C=O) groups is 2. The molecule has 0 aliphatic carbocycles. The smallest absolute Gasteiger partial charge is 0.273 e. The van der Waals surface area contributed by atoms with Crippen LogP contribution < -0.4 is 10.9 Å². The second kappa shape index (κ2) is 9.22. The van der Waals surface area contributed by atoms with Crippen molar-refractivity contribution in [3.63, 3.8) is 0 Å². The van der Waals surface area contributed by atoms with Crippen LogP contribution in [0.3, 0.4) is 0 Å². The van der Waals surface area contributed by atoms with E-state index in [1.165, 1.54) is 6.20 Å². The number of carbonyl (C=O) groups excluding carboxylic acids is 2. The lowest BCUT2D eigenvalue weighted by Crippen LogP contribution is -2.42. The van der Waals surface area contributed by atoms with Crippen LogP contribution in [0.1, 0.15) is 46.2 Å². The molecule has 2 amide bonds. The average molecular weight is 467 g/mol. The Morgan fingerprint density at radius 2 is 1.71 bits per heavy atom. The summed E-state index contributed by atoms with van der Waals surface area (Å²) in [5.41, 5.74) is 7.59. The van der Waals surface area contributed by atoms with Crippen LogP contribution in [0.5, 0.6) is 0 Å². The number of fused-ring (bicyclic) bond motifs is 1. The van der Waals surface area contributed by atoms with Crippen molar-refractivity contribution in [2.45, 2.75) is 19.8 Å². The minimum Gasteiger partial charge on any atom is -0.463 e. The molecule has 0 atom stereocenters. The Morgan fingerprint density at radius 1 is 0.943 bits per heavy atom. The van der Waals surface area contributed by atoms with Crippen LogP contribution in [0.4, 0.5) is 0 Å². The van der Waals surface area contributed by atoms with E-state index < -0.39 is 11.8 Å². The van der Waals surface area contributed by atoms with E-state index in [1.54, 1.807) is 41.4 Å². The first kappa shape index (κ1) is 22.0. The van der Waals surface area contributed by atoms with Gasteiger partial charge in [0.1, 0.15) is 5.69 Å². The molecule has 0 saturated heterocycles. The Morgan fingerprint density at radius 3 is 2.43 bits per heavy atom. The predicted octanol–water partition coefficient (Wildman–Crippen LogP) is 4.27. The Balaban J connectivity index is 1.42. The monoisotopic (exact) mass is 466 g/mol. The van der Waals surface area contributed by atoms with Crippen LogP contribution in [0.2, 0.25) is 0 Å². The fourth-order valence-electron chi connectivity index (χ4n) is 3.91. The van der Waals surface area contributed by atoms with Gasteiger partial charge in [-0.2, -0.15) is 5.10 Å². The molecule has 174 valence electrons. The summed E-state index contributed by atoms with van der Waals surface area (Å²) in [7, 11) is 0. The van der Waals surface area contributed by atoms with Crippen LogP contribution >= 0.6 is 0 Å². The molecule has 0 spiro atoms. The standard InChI is InChI=1S/C26H22N6O3/c1-16(2)24-19(15-28-32(24)23-11-5-6-12-27-23)26(34)31-30-25(33)18-14-21(22-10-7-13-35-22)29-20-9-4-3-8-17(18)20/h3-16H,1-2H3,(H,30,33)(H,31,34). The van der Waals surface area contributed by atoms with Crippen molar-refractivity contribution < 1.29 is 14.0 Å². The molecule has 0 radical (unpaired) electrons. The molecule has 0 fully saturated rings. The number of aromatic nitrogens is 4. The number of hydrazine groups is 1. The summed E-state index contributed by atoms with van der Waals surface area (Å²) < 4.78 is 7.09. The lowest BCUT2D eigenvalue weighted by atomic mass is 10.1. The molecule has 9 heteroatoms. The number of para-hydroxylation sites is 1. The molecule has 9 nitrogen and oxygen atoms in total. The van der Waals surface area contributed by atoms with Gasteiger partial charge in [-0.15, -0.1) is 0 Å². The van der Waals surface area contributed by atoms with E-state index in [4.69, 9.17) is 4.42 Å². The fraction of sp³-hybridized carbons (Fsp3) is 0.115. The van der Waals surface area contributed by atoms with Crippen molar-refractivity contribution in [2.75, 3.05) is 0 Å².